The maximum absolute atomic E-state index is 6.57. The number of hydrogen-bond acceptors (Lipinski definition) is 3. The summed E-state index contributed by atoms with van der Waals surface area (Å²) in [7, 11) is 0. The molecule has 5 heteroatoms. The first-order valence-corrected chi connectivity index (χ1v) is 2.77. The molecule has 50 valence electrons. The molecule has 2 N–H and O–H groups in total. The minimum atomic E-state index is 0.0809. The molecular formula is C5H3ClN4. The number of anilines is 1. The third kappa shape index (κ3) is 1.14. The van der Waals surface area contributed by atoms with E-state index in [-0.39, 0.29) is 16.8 Å². The van der Waals surface area contributed by atoms with Gasteiger partial charge >= 0.3 is 0 Å². The predicted molar refractivity (Wildman–Crippen MR) is 37.7 cm³/mol. The van der Waals surface area contributed by atoms with Gasteiger partial charge in [0.25, 0.3) is 0 Å². The summed E-state index contributed by atoms with van der Waals surface area (Å²) >= 11 is 5.48. The van der Waals surface area contributed by atoms with Crippen LogP contribution in [0.2, 0.25) is 5.15 Å². The molecule has 0 aliphatic heterocycles. The van der Waals surface area contributed by atoms with Gasteiger partial charge in [0.1, 0.15) is 5.15 Å². The summed E-state index contributed by atoms with van der Waals surface area (Å²) in [5.41, 5.74) is 5.39. The molecule has 0 amide bonds. The van der Waals surface area contributed by atoms with Crippen molar-refractivity contribution in [2.24, 2.45) is 0 Å². The highest BCUT2D eigenvalue weighted by Gasteiger charge is 2.00. The van der Waals surface area contributed by atoms with Gasteiger partial charge in [-0.1, -0.05) is 11.6 Å². The van der Waals surface area contributed by atoms with Gasteiger partial charge in [0.2, 0.25) is 11.6 Å². The number of rotatable bonds is 0. The molecule has 4 nitrogen and oxygen atoms in total. The lowest BCUT2D eigenvalue weighted by Crippen LogP contribution is -1.92. The summed E-state index contributed by atoms with van der Waals surface area (Å²) in [5.74, 6) is 0.0809. The molecule has 0 atom stereocenters. The van der Waals surface area contributed by atoms with Crippen molar-refractivity contribution in [3.8, 4) is 0 Å². The summed E-state index contributed by atoms with van der Waals surface area (Å²) in [6.07, 6.45) is 1.29. The fraction of sp³-hybridized carbons (Fsp3) is 0. The second-order valence-electron chi connectivity index (χ2n) is 1.52. The lowest BCUT2D eigenvalue weighted by molar-refractivity contribution is 1.20. The van der Waals surface area contributed by atoms with Crippen molar-refractivity contribution >= 4 is 23.2 Å². The monoisotopic (exact) mass is 154 g/mol. The van der Waals surface area contributed by atoms with Gasteiger partial charge in [-0.15, -0.1) is 0 Å². The molecule has 0 aliphatic rings. The van der Waals surface area contributed by atoms with E-state index in [0.29, 0.717) is 0 Å². The Labute approximate surface area is 62.5 Å². The highest BCUT2D eigenvalue weighted by molar-refractivity contribution is 6.32. The summed E-state index contributed by atoms with van der Waals surface area (Å²) in [6.45, 7) is 6.57. The van der Waals surface area contributed by atoms with Crippen molar-refractivity contribution in [1.29, 1.82) is 0 Å². The molecule has 0 unspecified atom stereocenters. The van der Waals surface area contributed by atoms with E-state index in [4.69, 9.17) is 23.9 Å². The summed E-state index contributed by atoms with van der Waals surface area (Å²) in [5, 5.41) is 0.0995. The highest BCUT2D eigenvalue weighted by Crippen LogP contribution is 2.20. The Morgan fingerprint density at radius 1 is 1.70 bits per heavy atom. The van der Waals surface area contributed by atoms with Crippen LogP contribution in [0.15, 0.2) is 6.20 Å². The van der Waals surface area contributed by atoms with Gasteiger partial charge in [0.15, 0.2) is 0 Å². The smallest absolute Gasteiger partial charge is 0.241 e. The Kier molecular flexibility index (Phi) is 1.69. The van der Waals surface area contributed by atoms with E-state index in [0.717, 1.165) is 0 Å². The first-order chi connectivity index (χ1) is 4.74. The van der Waals surface area contributed by atoms with Gasteiger partial charge in [0, 0.05) is 6.20 Å². The van der Waals surface area contributed by atoms with Crippen molar-refractivity contribution < 1.29 is 0 Å². The third-order valence-electron chi connectivity index (χ3n) is 0.864. The molecule has 0 aromatic carbocycles. The lowest BCUT2D eigenvalue weighted by Gasteiger charge is -1.92. The van der Waals surface area contributed by atoms with E-state index >= 15 is 0 Å². The van der Waals surface area contributed by atoms with Crippen molar-refractivity contribution in [2.75, 3.05) is 5.73 Å². The van der Waals surface area contributed by atoms with E-state index in [2.05, 4.69) is 14.8 Å². The van der Waals surface area contributed by atoms with E-state index < -0.39 is 0 Å². The zero-order valence-corrected chi connectivity index (χ0v) is 5.63. The molecule has 0 fully saturated rings. The molecule has 0 aliphatic carbocycles. The first-order valence-electron chi connectivity index (χ1n) is 2.39. The van der Waals surface area contributed by atoms with Crippen molar-refractivity contribution in [3.63, 3.8) is 0 Å². The van der Waals surface area contributed by atoms with Crippen LogP contribution in [0.1, 0.15) is 0 Å². The minimum absolute atomic E-state index is 0.0809. The molecule has 0 bridgehead atoms. The van der Waals surface area contributed by atoms with Crippen LogP contribution in [0.25, 0.3) is 4.85 Å². The highest BCUT2D eigenvalue weighted by atomic mass is 35.5. The Morgan fingerprint density at radius 2 is 2.40 bits per heavy atom. The Balaban J connectivity index is 3.23. The summed E-state index contributed by atoms with van der Waals surface area (Å²) < 4.78 is 0. The topological polar surface area (TPSA) is 56.2 Å². The average molecular weight is 155 g/mol. The molecule has 10 heavy (non-hydrogen) atoms. The number of hydrogen-bond donors (Lipinski definition) is 1. The van der Waals surface area contributed by atoms with Gasteiger partial charge in [-0.05, 0) is 0 Å². The zero-order chi connectivity index (χ0) is 7.56. The van der Waals surface area contributed by atoms with Gasteiger partial charge < -0.3 is 5.73 Å². The number of nitrogen functional groups attached to an aromatic ring is 1. The number of nitrogens with two attached hydrogens (primary N) is 1. The van der Waals surface area contributed by atoms with Crippen LogP contribution in [-0.4, -0.2) is 9.97 Å². The molecule has 0 saturated carbocycles. The Bertz CT molecular complexity index is 290. The number of aromatic nitrogens is 2. The Morgan fingerprint density at radius 3 is 2.90 bits per heavy atom. The van der Waals surface area contributed by atoms with Crippen LogP contribution in [0.4, 0.5) is 11.6 Å². The predicted octanol–water partition coefficient (Wildman–Crippen LogP) is 1.26. The molecule has 0 spiro atoms. The molecule has 1 heterocycles. The quantitative estimate of drug-likeness (QED) is 0.452. The second-order valence-corrected chi connectivity index (χ2v) is 1.87. The maximum atomic E-state index is 6.57. The van der Waals surface area contributed by atoms with Crippen molar-refractivity contribution in [2.45, 2.75) is 0 Å². The van der Waals surface area contributed by atoms with Crippen LogP contribution in [0.5, 0.6) is 0 Å². The van der Waals surface area contributed by atoms with Crippen molar-refractivity contribution in [1.82, 2.24) is 9.97 Å². The molecule has 1 rings (SSSR count). The fourth-order valence-electron chi connectivity index (χ4n) is 0.442. The maximum Gasteiger partial charge on any atom is 0.241 e. The van der Waals surface area contributed by atoms with Crippen molar-refractivity contribution in [3.05, 3.63) is 22.8 Å². The summed E-state index contributed by atoms with van der Waals surface area (Å²) in [4.78, 5) is 10.2. The van der Waals surface area contributed by atoms with Gasteiger partial charge in [-0.3, -0.25) is 0 Å². The number of nitrogens with zero attached hydrogens (tertiary/aromatic N) is 3. The van der Waals surface area contributed by atoms with Crippen LogP contribution >= 0.6 is 11.6 Å². The molecule has 1 aromatic rings. The van der Waals surface area contributed by atoms with Crippen LogP contribution < -0.4 is 5.73 Å². The van der Waals surface area contributed by atoms with E-state index in [1.54, 1.807) is 0 Å². The molecular weight excluding hydrogens is 152 g/mol. The first kappa shape index (κ1) is 6.78. The number of halogens is 1. The zero-order valence-electron chi connectivity index (χ0n) is 4.87. The second kappa shape index (κ2) is 2.50. The third-order valence-corrected chi connectivity index (χ3v) is 1.14. The van der Waals surface area contributed by atoms with Gasteiger partial charge in [-0.2, -0.15) is 0 Å². The normalized spacial score (nSPS) is 8.80. The molecule has 0 radical (unpaired) electrons. The lowest BCUT2D eigenvalue weighted by atomic mass is 10.5. The van der Waals surface area contributed by atoms with Gasteiger partial charge in [0.05, 0.1) is 6.57 Å². The Hall–Kier alpha value is -1.34. The van der Waals surface area contributed by atoms with Crippen LogP contribution in [-0.2, 0) is 0 Å². The average Bonchev–Trinajstić information content (AvgIpc) is 1.88. The molecule has 1 aromatic heterocycles. The van der Waals surface area contributed by atoms with E-state index in [1.165, 1.54) is 6.20 Å². The van der Waals surface area contributed by atoms with E-state index in [1.807, 2.05) is 0 Å². The molecule has 0 saturated heterocycles. The van der Waals surface area contributed by atoms with Crippen LogP contribution in [0.3, 0.4) is 0 Å². The fourth-order valence-corrected chi connectivity index (χ4v) is 0.620. The SMILES string of the molecule is [C-]#[N+]c1cnc(N)nc1Cl. The standard InChI is InChI=1S/C5H3ClN4/c1-8-3-2-9-5(7)10-4(3)6/h2H,(H2,7,9,10). The minimum Gasteiger partial charge on any atom is -0.368 e. The summed E-state index contributed by atoms with van der Waals surface area (Å²) in [6, 6.07) is 0. The van der Waals surface area contributed by atoms with Gasteiger partial charge in [-0.25, -0.2) is 14.8 Å². The van der Waals surface area contributed by atoms with Crippen LogP contribution in [0, 0.1) is 6.57 Å². The van der Waals surface area contributed by atoms with E-state index in [9.17, 15) is 0 Å². The largest absolute Gasteiger partial charge is 0.368 e.